The number of amidine groups is 1. The van der Waals surface area contributed by atoms with E-state index in [1.54, 1.807) is 18.2 Å². The maximum Gasteiger partial charge on any atom is 0.154 e. The van der Waals surface area contributed by atoms with Crippen LogP contribution in [0.5, 0.6) is 0 Å². The predicted molar refractivity (Wildman–Crippen MR) is 67.3 cm³/mol. The van der Waals surface area contributed by atoms with Crippen molar-refractivity contribution in [1.29, 1.82) is 0 Å². The zero-order valence-electron chi connectivity index (χ0n) is 8.60. The summed E-state index contributed by atoms with van der Waals surface area (Å²) in [5, 5.41) is 13.6. The van der Waals surface area contributed by atoms with Crippen LogP contribution in [-0.4, -0.2) is 29.2 Å². The van der Waals surface area contributed by atoms with Crippen molar-refractivity contribution < 1.29 is 5.11 Å². The molecule has 7 heteroatoms. The number of nitrogens with zero attached hydrogens (tertiary/aromatic N) is 2. The average molecular weight is 288 g/mol. The first-order chi connectivity index (χ1) is 7.54. The van der Waals surface area contributed by atoms with Gasteiger partial charge in [-0.25, -0.2) is 11.0 Å². The van der Waals surface area contributed by atoms with Gasteiger partial charge in [0.05, 0.1) is 13.2 Å². The van der Waals surface area contributed by atoms with Crippen molar-refractivity contribution in [3.05, 3.63) is 28.2 Å². The summed E-state index contributed by atoms with van der Waals surface area (Å²) < 4.78 is 0.848. The molecule has 0 heterocycles. The number of aliphatic hydroxyl groups excluding tert-OH is 1. The van der Waals surface area contributed by atoms with E-state index >= 15 is 0 Å². The first kappa shape index (κ1) is 12.8. The summed E-state index contributed by atoms with van der Waals surface area (Å²) in [5.41, 5.74) is 12.6. The molecule has 7 N–H and O–H groups in total. The van der Waals surface area contributed by atoms with Crippen LogP contribution < -0.4 is 17.3 Å². The van der Waals surface area contributed by atoms with Crippen LogP contribution in [-0.2, 0) is 0 Å². The lowest BCUT2D eigenvalue weighted by atomic mass is 10.2. The molecule has 0 aromatic heterocycles. The monoisotopic (exact) mass is 287 g/mol. The molecule has 0 bridgehead atoms. The van der Waals surface area contributed by atoms with Gasteiger partial charge >= 0.3 is 0 Å². The summed E-state index contributed by atoms with van der Waals surface area (Å²) in [6.45, 7) is 0.107. The molecule has 0 radical (unpaired) electrons. The van der Waals surface area contributed by atoms with E-state index in [-0.39, 0.29) is 19.0 Å². The van der Waals surface area contributed by atoms with E-state index in [2.05, 4.69) is 21.0 Å². The van der Waals surface area contributed by atoms with E-state index in [1.165, 1.54) is 0 Å². The van der Waals surface area contributed by atoms with Crippen LogP contribution in [0.15, 0.2) is 27.8 Å². The number of rotatable bonds is 4. The molecular formula is C9H14BrN5O. The Morgan fingerprint density at radius 3 is 2.81 bits per heavy atom. The quantitative estimate of drug-likeness (QED) is 0.202. The molecule has 0 fully saturated rings. The molecule has 1 rings (SSSR count). The van der Waals surface area contributed by atoms with Crippen molar-refractivity contribution in [1.82, 2.24) is 5.12 Å². The second kappa shape index (κ2) is 5.69. The van der Waals surface area contributed by atoms with Gasteiger partial charge < -0.3 is 16.6 Å². The number of hydrogen-bond acceptors (Lipinski definition) is 5. The lowest BCUT2D eigenvalue weighted by molar-refractivity contribution is 0.204. The zero-order valence-corrected chi connectivity index (χ0v) is 10.2. The Kier molecular flexibility index (Phi) is 4.53. The van der Waals surface area contributed by atoms with E-state index in [0.717, 1.165) is 9.59 Å². The molecule has 0 saturated carbocycles. The van der Waals surface area contributed by atoms with E-state index in [9.17, 15) is 0 Å². The van der Waals surface area contributed by atoms with Crippen LogP contribution >= 0.6 is 15.9 Å². The standard InChI is InChI=1S/C9H14BrN5O/c10-6-1-2-8(11)7(5-6)9(12)14-15(13)3-4-16/h1-2,5,16H,3-4,11,13H2,(H2,12,14). The van der Waals surface area contributed by atoms with Crippen LogP contribution in [0.1, 0.15) is 5.56 Å². The summed E-state index contributed by atoms with van der Waals surface area (Å²) in [5.74, 6) is 5.67. The molecule has 1 aromatic carbocycles. The number of hydrazone groups is 1. The number of hydrogen-bond donors (Lipinski definition) is 4. The molecule has 0 aliphatic heterocycles. The SMILES string of the molecule is N/C(=N\N(N)CCO)c1cc(Br)ccc1N. The molecule has 0 unspecified atom stereocenters. The molecule has 16 heavy (non-hydrogen) atoms. The van der Waals surface area contributed by atoms with Gasteiger partial charge in [-0.1, -0.05) is 15.9 Å². The van der Waals surface area contributed by atoms with Gasteiger partial charge in [0.1, 0.15) is 0 Å². The minimum absolute atomic E-state index is 0.0960. The zero-order chi connectivity index (χ0) is 12.1. The van der Waals surface area contributed by atoms with E-state index in [4.69, 9.17) is 22.4 Å². The third-order valence-electron chi connectivity index (χ3n) is 1.86. The number of benzene rings is 1. The molecular weight excluding hydrogens is 274 g/mol. The lowest BCUT2D eigenvalue weighted by Crippen LogP contribution is -2.32. The molecule has 0 amide bonds. The summed E-state index contributed by atoms with van der Waals surface area (Å²) in [7, 11) is 0. The maximum atomic E-state index is 8.65. The van der Waals surface area contributed by atoms with Crippen LogP contribution in [0.25, 0.3) is 0 Å². The first-order valence-electron chi connectivity index (χ1n) is 4.57. The minimum atomic E-state index is -0.0960. The molecule has 0 aliphatic carbocycles. The predicted octanol–water partition coefficient (Wildman–Crippen LogP) is -0.180. The van der Waals surface area contributed by atoms with E-state index in [1.807, 2.05) is 0 Å². The van der Waals surface area contributed by atoms with Gasteiger partial charge in [-0.05, 0) is 18.2 Å². The Labute approximate surface area is 102 Å². The third-order valence-corrected chi connectivity index (χ3v) is 2.35. The molecule has 88 valence electrons. The van der Waals surface area contributed by atoms with E-state index in [0.29, 0.717) is 11.3 Å². The van der Waals surface area contributed by atoms with Crippen LogP contribution in [0, 0.1) is 0 Å². The number of nitrogen functional groups attached to an aromatic ring is 1. The summed E-state index contributed by atoms with van der Waals surface area (Å²) >= 11 is 3.31. The third kappa shape index (κ3) is 3.37. The van der Waals surface area contributed by atoms with Gasteiger partial charge in [0.2, 0.25) is 0 Å². The second-order valence-corrected chi connectivity index (χ2v) is 4.02. The first-order valence-corrected chi connectivity index (χ1v) is 5.36. The number of halogens is 1. The maximum absolute atomic E-state index is 8.65. The van der Waals surface area contributed by atoms with Crippen molar-refractivity contribution in [2.45, 2.75) is 0 Å². The second-order valence-electron chi connectivity index (χ2n) is 3.10. The normalized spacial score (nSPS) is 11.6. The molecule has 6 nitrogen and oxygen atoms in total. The number of anilines is 1. The number of hydrazine groups is 1. The van der Waals surface area contributed by atoms with E-state index < -0.39 is 0 Å². The van der Waals surface area contributed by atoms with Crippen LogP contribution in [0.3, 0.4) is 0 Å². The van der Waals surface area contributed by atoms with Gasteiger partial charge in [-0.15, -0.1) is 5.10 Å². The number of nitrogens with two attached hydrogens (primary N) is 3. The van der Waals surface area contributed by atoms with Gasteiger partial charge in [0.25, 0.3) is 0 Å². The molecule has 0 spiro atoms. The molecule has 0 aliphatic rings. The summed E-state index contributed by atoms with van der Waals surface area (Å²) in [6, 6.07) is 5.27. The van der Waals surface area contributed by atoms with Crippen molar-refractivity contribution in [3.63, 3.8) is 0 Å². The Balaban J connectivity index is 2.94. The number of aliphatic hydroxyl groups is 1. The Hall–Kier alpha value is -1.31. The smallest absolute Gasteiger partial charge is 0.154 e. The van der Waals surface area contributed by atoms with Gasteiger partial charge in [-0.2, -0.15) is 0 Å². The van der Waals surface area contributed by atoms with Crippen molar-refractivity contribution in [3.8, 4) is 0 Å². The highest BCUT2D eigenvalue weighted by Gasteiger charge is 2.05. The highest BCUT2D eigenvalue weighted by molar-refractivity contribution is 9.10. The van der Waals surface area contributed by atoms with Crippen LogP contribution in [0.2, 0.25) is 0 Å². The Bertz CT molecular complexity index is 395. The highest BCUT2D eigenvalue weighted by atomic mass is 79.9. The Morgan fingerprint density at radius 1 is 1.50 bits per heavy atom. The molecule has 1 aromatic rings. The Morgan fingerprint density at radius 2 is 2.19 bits per heavy atom. The van der Waals surface area contributed by atoms with Crippen LogP contribution in [0.4, 0.5) is 5.69 Å². The fraction of sp³-hybridized carbons (Fsp3) is 0.222. The van der Waals surface area contributed by atoms with Crippen molar-refractivity contribution in [2.75, 3.05) is 18.9 Å². The topological polar surface area (TPSA) is 114 Å². The molecule has 0 saturated heterocycles. The lowest BCUT2D eigenvalue weighted by Gasteiger charge is -2.12. The fourth-order valence-corrected chi connectivity index (χ4v) is 1.46. The molecule has 0 atom stereocenters. The van der Waals surface area contributed by atoms with Crippen molar-refractivity contribution in [2.24, 2.45) is 16.7 Å². The fourth-order valence-electron chi connectivity index (χ4n) is 1.10. The highest BCUT2D eigenvalue weighted by Crippen LogP contribution is 2.18. The summed E-state index contributed by atoms with van der Waals surface area (Å²) in [6.07, 6.45) is 0. The minimum Gasteiger partial charge on any atom is -0.398 e. The van der Waals surface area contributed by atoms with Crippen molar-refractivity contribution >= 4 is 27.5 Å². The largest absolute Gasteiger partial charge is 0.398 e. The summed E-state index contributed by atoms with van der Waals surface area (Å²) in [4.78, 5) is 0. The van der Waals surface area contributed by atoms with Gasteiger partial charge in [-0.3, -0.25) is 0 Å². The van der Waals surface area contributed by atoms with Gasteiger partial charge in [0.15, 0.2) is 5.84 Å². The average Bonchev–Trinajstić information content (AvgIpc) is 2.21. The van der Waals surface area contributed by atoms with Gasteiger partial charge in [0, 0.05) is 15.7 Å².